The van der Waals surface area contributed by atoms with Gasteiger partial charge in [-0.05, 0) is 37.6 Å². The SMILES string of the molecule is CCC(C)(C)n1nnnc1C(C)NCCOC. The van der Waals surface area contributed by atoms with E-state index in [0.29, 0.717) is 6.61 Å². The third kappa shape index (κ3) is 3.47. The Morgan fingerprint density at radius 1 is 1.47 bits per heavy atom. The predicted octanol–water partition coefficient (Wildman–Crippen LogP) is 1.12. The van der Waals surface area contributed by atoms with Gasteiger partial charge in [-0.25, -0.2) is 4.68 Å². The maximum absolute atomic E-state index is 5.01. The molecule has 0 bridgehead atoms. The smallest absolute Gasteiger partial charge is 0.168 e. The van der Waals surface area contributed by atoms with Gasteiger partial charge in [0, 0.05) is 13.7 Å². The maximum Gasteiger partial charge on any atom is 0.168 e. The number of hydrogen-bond acceptors (Lipinski definition) is 5. The molecule has 0 aliphatic carbocycles. The van der Waals surface area contributed by atoms with E-state index in [1.807, 2.05) is 4.68 Å². The molecule has 6 heteroatoms. The number of tetrazole rings is 1. The molecular weight excluding hydrogens is 218 g/mol. The van der Waals surface area contributed by atoms with Crippen molar-refractivity contribution in [2.24, 2.45) is 0 Å². The number of nitrogens with zero attached hydrogens (tertiary/aromatic N) is 4. The maximum atomic E-state index is 5.01. The van der Waals surface area contributed by atoms with Crippen molar-refractivity contribution in [3.8, 4) is 0 Å². The van der Waals surface area contributed by atoms with Gasteiger partial charge in [0.15, 0.2) is 5.82 Å². The molecule has 0 saturated heterocycles. The van der Waals surface area contributed by atoms with Crippen LogP contribution in [-0.2, 0) is 10.3 Å². The Balaban J connectivity index is 2.74. The quantitative estimate of drug-likeness (QED) is 0.725. The topological polar surface area (TPSA) is 64.9 Å². The van der Waals surface area contributed by atoms with Gasteiger partial charge in [0.1, 0.15) is 0 Å². The summed E-state index contributed by atoms with van der Waals surface area (Å²) in [6.07, 6.45) is 0.982. The second-order valence-electron chi connectivity index (χ2n) is 4.78. The minimum absolute atomic E-state index is 0.0595. The van der Waals surface area contributed by atoms with Crippen LogP contribution < -0.4 is 5.32 Å². The number of methoxy groups -OCH3 is 1. The highest BCUT2D eigenvalue weighted by molar-refractivity contribution is 4.94. The molecule has 1 atom stereocenters. The fraction of sp³-hybridized carbons (Fsp3) is 0.909. The van der Waals surface area contributed by atoms with E-state index >= 15 is 0 Å². The zero-order valence-corrected chi connectivity index (χ0v) is 11.4. The van der Waals surface area contributed by atoms with Crippen molar-refractivity contribution < 1.29 is 4.74 Å². The molecule has 1 rings (SSSR count). The standard InChI is InChI=1S/C11H23N5O/c1-6-11(3,4)16-10(13-14-15-16)9(2)12-7-8-17-5/h9,12H,6-8H2,1-5H3. The monoisotopic (exact) mass is 241 g/mol. The summed E-state index contributed by atoms with van der Waals surface area (Å²) in [5, 5.41) is 15.3. The van der Waals surface area contributed by atoms with Crippen LogP contribution in [0, 0.1) is 0 Å². The first kappa shape index (κ1) is 14.1. The second-order valence-corrected chi connectivity index (χ2v) is 4.78. The van der Waals surface area contributed by atoms with Gasteiger partial charge in [0.05, 0.1) is 18.2 Å². The highest BCUT2D eigenvalue weighted by Crippen LogP contribution is 2.21. The predicted molar refractivity (Wildman–Crippen MR) is 65.7 cm³/mol. The molecule has 0 aliphatic rings. The molecule has 1 aromatic rings. The Hall–Kier alpha value is -1.01. The third-order valence-electron chi connectivity index (χ3n) is 3.08. The minimum atomic E-state index is -0.0595. The van der Waals surface area contributed by atoms with Crippen LogP contribution in [0.2, 0.25) is 0 Å². The highest BCUT2D eigenvalue weighted by Gasteiger charge is 2.25. The summed E-state index contributed by atoms with van der Waals surface area (Å²) < 4.78 is 6.91. The average Bonchev–Trinajstić information content (AvgIpc) is 2.79. The summed E-state index contributed by atoms with van der Waals surface area (Å²) in [5.74, 6) is 0.868. The van der Waals surface area contributed by atoms with Crippen LogP contribution in [-0.4, -0.2) is 40.5 Å². The van der Waals surface area contributed by atoms with Crippen LogP contribution in [0.4, 0.5) is 0 Å². The summed E-state index contributed by atoms with van der Waals surface area (Å²) in [5.41, 5.74) is -0.0595. The molecule has 6 nitrogen and oxygen atoms in total. The first-order chi connectivity index (χ1) is 8.03. The number of aromatic nitrogens is 4. The molecular formula is C11H23N5O. The number of hydrogen-bond donors (Lipinski definition) is 1. The fourth-order valence-corrected chi connectivity index (χ4v) is 1.51. The zero-order valence-electron chi connectivity index (χ0n) is 11.4. The number of rotatable bonds is 7. The summed E-state index contributed by atoms with van der Waals surface area (Å²) in [6, 6.07) is 0.117. The van der Waals surface area contributed by atoms with E-state index in [-0.39, 0.29) is 11.6 Å². The van der Waals surface area contributed by atoms with E-state index in [1.54, 1.807) is 7.11 Å². The van der Waals surface area contributed by atoms with Gasteiger partial charge in [0.2, 0.25) is 0 Å². The van der Waals surface area contributed by atoms with Crippen LogP contribution in [0.15, 0.2) is 0 Å². The third-order valence-corrected chi connectivity index (χ3v) is 3.08. The average molecular weight is 241 g/mol. The van der Waals surface area contributed by atoms with Gasteiger partial charge in [-0.3, -0.25) is 0 Å². The molecule has 1 N–H and O–H groups in total. The Morgan fingerprint density at radius 3 is 2.76 bits per heavy atom. The van der Waals surface area contributed by atoms with E-state index in [4.69, 9.17) is 4.74 Å². The normalized spacial score (nSPS) is 13.9. The number of ether oxygens (including phenoxy) is 1. The van der Waals surface area contributed by atoms with Gasteiger partial charge in [0.25, 0.3) is 0 Å². The van der Waals surface area contributed by atoms with Crippen molar-refractivity contribution in [2.45, 2.75) is 45.7 Å². The summed E-state index contributed by atoms with van der Waals surface area (Å²) in [4.78, 5) is 0. The second kappa shape index (κ2) is 6.07. The summed E-state index contributed by atoms with van der Waals surface area (Å²) in [7, 11) is 1.69. The molecule has 1 aromatic heterocycles. The molecule has 1 heterocycles. The molecule has 98 valence electrons. The lowest BCUT2D eigenvalue weighted by molar-refractivity contribution is 0.194. The summed E-state index contributed by atoms with van der Waals surface area (Å²) >= 11 is 0. The Kier molecular flexibility index (Phi) is 5.02. The van der Waals surface area contributed by atoms with Gasteiger partial charge >= 0.3 is 0 Å². The lowest BCUT2D eigenvalue weighted by Crippen LogP contribution is -2.33. The molecule has 0 saturated carbocycles. The largest absolute Gasteiger partial charge is 0.383 e. The van der Waals surface area contributed by atoms with Crippen molar-refractivity contribution in [3.05, 3.63) is 5.82 Å². The molecule has 0 spiro atoms. The zero-order chi connectivity index (χ0) is 12.9. The van der Waals surface area contributed by atoms with E-state index < -0.39 is 0 Å². The summed E-state index contributed by atoms with van der Waals surface area (Å²) in [6.45, 7) is 9.93. The van der Waals surface area contributed by atoms with Gasteiger partial charge in [-0.1, -0.05) is 6.92 Å². The van der Waals surface area contributed by atoms with Gasteiger partial charge in [-0.15, -0.1) is 5.10 Å². The van der Waals surface area contributed by atoms with Crippen molar-refractivity contribution in [1.29, 1.82) is 0 Å². The first-order valence-corrected chi connectivity index (χ1v) is 6.04. The Morgan fingerprint density at radius 2 is 2.18 bits per heavy atom. The molecule has 0 aromatic carbocycles. The van der Waals surface area contributed by atoms with E-state index in [1.165, 1.54) is 0 Å². The van der Waals surface area contributed by atoms with Crippen molar-refractivity contribution >= 4 is 0 Å². The van der Waals surface area contributed by atoms with Crippen molar-refractivity contribution in [3.63, 3.8) is 0 Å². The molecule has 17 heavy (non-hydrogen) atoms. The molecule has 0 amide bonds. The number of nitrogens with one attached hydrogen (secondary N) is 1. The Labute approximate surface area is 103 Å². The Bertz CT molecular complexity index is 336. The lowest BCUT2D eigenvalue weighted by atomic mass is 10.0. The van der Waals surface area contributed by atoms with Crippen LogP contribution in [0.25, 0.3) is 0 Å². The van der Waals surface area contributed by atoms with Crippen LogP contribution in [0.3, 0.4) is 0 Å². The van der Waals surface area contributed by atoms with Crippen molar-refractivity contribution in [1.82, 2.24) is 25.5 Å². The first-order valence-electron chi connectivity index (χ1n) is 6.04. The highest BCUT2D eigenvalue weighted by atomic mass is 16.5. The fourth-order valence-electron chi connectivity index (χ4n) is 1.51. The molecule has 0 radical (unpaired) electrons. The minimum Gasteiger partial charge on any atom is -0.383 e. The molecule has 0 aliphatic heterocycles. The van der Waals surface area contributed by atoms with Crippen LogP contribution >= 0.6 is 0 Å². The molecule has 0 fully saturated rings. The van der Waals surface area contributed by atoms with Crippen LogP contribution in [0.1, 0.15) is 46.0 Å². The van der Waals surface area contributed by atoms with Crippen LogP contribution in [0.5, 0.6) is 0 Å². The van der Waals surface area contributed by atoms with E-state index in [2.05, 4.69) is 48.5 Å². The van der Waals surface area contributed by atoms with Crippen molar-refractivity contribution in [2.75, 3.05) is 20.3 Å². The lowest BCUT2D eigenvalue weighted by Gasteiger charge is -2.25. The van der Waals surface area contributed by atoms with Gasteiger partial charge < -0.3 is 10.1 Å². The molecule has 1 unspecified atom stereocenters. The van der Waals surface area contributed by atoms with E-state index in [9.17, 15) is 0 Å². The van der Waals surface area contributed by atoms with Gasteiger partial charge in [-0.2, -0.15) is 0 Å². The van der Waals surface area contributed by atoms with E-state index in [0.717, 1.165) is 18.8 Å².